The van der Waals surface area contributed by atoms with Gasteiger partial charge in [0.15, 0.2) is 0 Å². The first kappa shape index (κ1) is 23.0. The number of anilines is 2. The van der Waals surface area contributed by atoms with Crippen LogP contribution in [0.2, 0.25) is 0 Å². The fourth-order valence-corrected chi connectivity index (χ4v) is 4.56. The number of ether oxygens (including phenoxy) is 1. The van der Waals surface area contributed by atoms with E-state index in [2.05, 4.69) is 21.3 Å². The van der Waals surface area contributed by atoms with Crippen molar-refractivity contribution in [2.75, 3.05) is 30.0 Å². The van der Waals surface area contributed by atoms with Crippen LogP contribution in [0.4, 0.5) is 17.1 Å². The molecule has 3 aromatic rings. The minimum atomic E-state index is -0.304. The first-order chi connectivity index (χ1) is 16.6. The molecule has 0 fully saturated rings. The van der Waals surface area contributed by atoms with E-state index in [-0.39, 0.29) is 18.4 Å². The Kier molecular flexibility index (Phi) is 7.16. The molecule has 34 heavy (non-hydrogen) atoms. The maximum Gasteiger partial charge on any atom is 0.259 e. The number of nitrogens with one attached hydrogen (secondary N) is 1. The van der Waals surface area contributed by atoms with E-state index in [1.807, 2.05) is 30.3 Å². The lowest BCUT2D eigenvalue weighted by molar-refractivity contribution is 0.0967. The van der Waals surface area contributed by atoms with Crippen LogP contribution in [0.1, 0.15) is 20.7 Å². The largest absolute Gasteiger partial charge is 0.367 e. The minimum Gasteiger partial charge on any atom is -0.367 e. The number of benzene rings is 3. The lowest BCUT2D eigenvalue weighted by Gasteiger charge is -2.23. The van der Waals surface area contributed by atoms with Crippen molar-refractivity contribution in [1.29, 1.82) is 0 Å². The van der Waals surface area contributed by atoms with Gasteiger partial charge in [-0.1, -0.05) is 47.1 Å². The third-order valence-corrected chi connectivity index (χ3v) is 6.15. The Balaban J connectivity index is 1.61. The van der Waals surface area contributed by atoms with Crippen molar-refractivity contribution in [3.63, 3.8) is 0 Å². The number of carbonyl (C=O) groups is 2. The zero-order chi connectivity index (χ0) is 23.9. The summed E-state index contributed by atoms with van der Waals surface area (Å²) in [4.78, 5) is 32.1. The second-order valence-electron chi connectivity index (χ2n) is 7.18. The van der Waals surface area contributed by atoms with Crippen molar-refractivity contribution < 1.29 is 14.3 Å². The standard InChI is InChI=1S/C25H19N5O3S/c1-2-14-33-15-13-30-21-12-11-19(27-24(31)17-7-9-18(10-8-17)28-29-26)16-23(21)34-22-6-4-3-5-20(22)25(30)32/h1,3-12,16H,13-15H2,(H,27,31). The Morgan fingerprint density at radius 3 is 2.71 bits per heavy atom. The normalized spacial score (nSPS) is 12.0. The quantitative estimate of drug-likeness (QED) is 0.159. The Morgan fingerprint density at radius 1 is 1.15 bits per heavy atom. The van der Waals surface area contributed by atoms with Gasteiger partial charge in [-0.2, -0.15) is 0 Å². The third-order valence-electron chi connectivity index (χ3n) is 5.03. The number of terminal acetylenes is 1. The fourth-order valence-electron chi connectivity index (χ4n) is 3.45. The van der Waals surface area contributed by atoms with Crippen LogP contribution >= 0.6 is 11.8 Å². The number of nitrogens with zero attached hydrogens (tertiary/aromatic N) is 4. The summed E-state index contributed by atoms with van der Waals surface area (Å²) in [6.45, 7) is 0.813. The summed E-state index contributed by atoms with van der Waals surface area (Å²) in [5, 5.41) is 6.39. The van der Waals surface area contributed by atoms with E-state index in [1.165, 1.54) is 11.8 Å². The van der Waals surface area contributed by atoms with Gasteiger partial charge < -0.3 is 15.0 Å². The maximum absolute atomic E-state index is 13.3. The number of hydrogen-bond donors (Lipinski definition) is 1. The molecule has 8 nitrogen and oxygen atoms in total. The molecule has 2 amide bonds. The van der Waals surface area contributed by atoms with Gasteiger partial charge in [-0.05, 0) is 48.0 Å². The summed E-state index contributed by atoms with van der Waals surface area (Å²) in [6.07, 6.45) is 5.25. The average Bonchev–Trinajstić information content (AvgIpc) is 2.96. The topological polar surface area (TPSA) is 107 Å². The molecule has 168 valence electrons. The van der Waals surface area contributed by atoms with E-state index in [4.69, 9.17) is 16.7 Å². The fraction of sp³-hybridized carbons (Fsp3) is 0.120. The van der Waals surface area contributed by atoms with Crippen molar-refractivity contribution >= 4 is 40.6 Å². The van der Waals surface area contributed by atoms with Crippen LogP contribution in [0, 0.1) is 12.3 Å². The number of carbonyl (C=O) groups excluding carboxylic acids is 2. The highest BCUT2D eigenvalue weighted by molar-refractivity contribution is 7.99. The van der Waals surface area contributed by atoms with Crippen molar-refractivity contribution in [3.05, 3.63) is 88.3 Å². The minimum absolute atomic E-state index is 0.122. The SMILES string of the molecule is C#CCOCCN1C(=O)c2ccccc2Sc2cc(NC(=O)c3ccc(N=[N+]=[N-])cc3)ccc21. The van der Waals surface area contributed by atoms with E-state index in [9.17, 15) is 9.59 Å². The molecule has 1 heterocycles. The molecule has 1 aliphatic heterocycles. The highest BCUT2D eigenvalue weighted by atomic mass is 32.2. The number of hydrogen-bond acceptors (Lipinski definition) is 5. The molecule has 1 aliphatic rings. The third kappa shape index (κ3) is 5.05. The van der Waals surface area contributed by atoms with Crippen molar-refractivity contribution in [2.24, 2.45) is 5.11 Å². The van der Waals surface area contributed by atoms with E-state index in [0.717, 1.165) is 15.5 Å². The molecule has 0 saturated heterocycles. The van der Waals surface area contributed by atoms with E-state index < -0.39 is 0 Å². The van der Waals surface area contributed by atoms with Crippen LogP contribution in [0.15, 0.2) is 81.6 Å². The van der Waals surface area contributed by atoms with Gasteiger partial charge in [0.25, 0.3) is 11.8 Å². The van der Waals surface area contributed by atoms with Crippen molar-refractivity contribution in [2.45, 2.75) is 9.79 Å². The monoisotopic (exact) mass is 469 g/mol. The summed E-state index contributed by atoms with van der Waals surface area (Å²) >= 11 is 1.47. The zero-order valence-electron chi connectivity index (χ0n) is 18.0. The molecular formula is C25H19N5O3S. The van der Waals surface area contributed by atoms with Crippen LogP contribution in [-0.4, -0.2) is 31.6 Å². The summed E-state index contributed by atoms with van der Waals surface area (Å²) in [5.41, 5.74) is 11.3. The molecule has 0 aliphatic carbocycles. The predicted molar refractivity (Wildman–Crippen MR) is 132 cm³/mol. The molecule has 0 saturated carbocycles. The number of azide groups is 1. The van der Waals surface area contributed by atoms with Gasteiger partial charge in [0.2, 0.25) is 0 Å². The molecular weight excluding hydrogens is 450 g/mol. The van der Waals surface area contributed by atoms with Gasteiger partial charge in [0.05, 0.1) is 17.9 Å². The second kappa shape index (κ2) is 10.6. The summed E-state index contributed by atoms with van der Waals surface area (Å²) in [5.74, 6) is 2.00. The Hall–Kier alpha value is -4.22. The van der Waals surface area contributed by atoms with Gasteiger partial charge in [0, 0.05) is 38.2 Å². The summed E-state index contributed by atoms with van der Waals surface area (Å²) in [7, 11) is 0. The molecule has 0 spiro atoms. The number of amides is 2. The highest BCUT2D eigenvalue weighted by Gasteiger charge is 2.27. The highest BCUT2D eigenvalue weighted by Crippen LogP contribution is 2.42. The van der Waals surface area contributed by atoms with Gasteiger partial charge in [-0.25, -0.2) is 0 Å². The van der Waals surface area contributed by atoms with Gasteiger partial charge in [0.1, 0.15) is 6.61 Å². The molecule has 0 atom stereocenters. The second-order valence-corrected chi connectivity index (χ2v) is 8.27. The summed E-state index contributed by atoms with van der Waals surface area (Å²) in [6, 6.07) is 19.2. The molecule has 1 N–H and O–H groups in total. The molecule has 3 aromatic carbocycles. The van der Waals surface area contributed by atoms with E-state index >= 15 is 0 Å². The van der Waals surface area contributed by atoms with Crippen LogP contribution < -0.4 is 10.2 Å². The molecule has 9 heteroatoms. The predicted octanol–water partition coefficient (Wildman–Crippen LogP) is 5.64. The maximum atomic E-state index is 13.3. The Morgan fingerprint density at radius 2 is 1.94 bits per heavy atom. The lowest BCUT2D eigenvalue weighted by atomic mass is 10.1. The molecule has 0 radical (unpaired) electrons. The average molecular weight is 470 g/mol. The smallest absolute Gasteiger partial charge is 0.259 e. The van der Waals surface area contributed by atoms with Crippen molar-refractivity contribution in [1.82, 2.24) is 0 Å². The Labute approximate surface area is 200 Å². The molecule has 0 bridgehead atoms. The van der Waals surface area contributed by atoms with E-state index in [0.29, 0.717) is 35.7 Å². The number of rotatable bonds is 7. The molecule has 4 rings (SSSR count). The summed E-state index contributed by atoms with van der Waals surface area (Å²) < 4.78 is 5.41. The van der Waals surface area contributed by atoms with Crippen LogP contribution in [0.5, 0.6) is 0 Å². The first-order valence-electron chi connectivity index (χ1n) is 10.3. The number of fused-ring (bicyclic) bond motifs is 2. The van der Waals surface area contributed by atoms with Gasteiger partial charge in [-0.3, -0.25) is 9.59 Å². The first-order valence-corrected chi connectivity index (χ1v) is 11.1. The van der Waals surface area contributed by atoms with E-state index in [1.54, 1.807) is 41.3 Å². The van der Waals surface area contributed by atoms with Crippen LogP contribution in [0.25, 0.3) is 10.4 Å². The van der Waals surface area contributed by atoms with Gasteiger partial charge in [-0.15, -0.1) is 6.42 Å². The zero-order valence-corrected chi connectivity index (χ0v) is 18.8. The van der Waals surface area contributed by atoms with Crippen LogP contribution in [0.3, 0.4) is 0 Å². The molecule has 0 aromatic heterocycles. The van der Waals surface area contributed by atoms with Crippen LogP contribution in [-0.2, 0) is 4.74 Å². The van der Waals surface area contributed by atoms with Gasteiger partial charge >= 0.3 is 0 Å². The molecule has 0 unspecified atom stereocenters. The Bertz CT molecular complexity index is 1330. The van der Waals surface area contributed by atoms with Crippen molar-refractivity contribution in [3.8, 4) is 12.3 Å². The lowest BCUT2D eigenvalue weighted by Crippen LogP contribution is -2.34.